The molecule has 5 rings (SSSR count). The van der Waals surface area contributed by atoms with Gasteiger partial charge in [-0.3, -0.25) is 9.69 Å². The van der Waals surface area contributed by atoms with Gasteiger partial charge in [0.2, 0.25) is 0 Å². The number of benzene rings is 3. The number of rotatable bonds is 12. The van der Waals surface area contributed by atoms with Gasteiger partial charge in [-0.1, -0.05) is 73.5 Å². The van der Waals surface area contributed by atoms with E-state index in [2.05, 4.69) is 16.4 Å². The number of nitrogens with zero attached hydrogens (tertiary/aromatic N) is 3. The van der Waals surface area contributed by atoms with Crippen LogP contribution in [-0.2, 0) is 19.6 Å². The molecule has 1 aromatic heterocycles. The van der Waals surface area contributed by atoms with Gasteiger partial charge in [-0.25, -0.2) is 4.98 Å². The van der Waals surface area contributed by atoms with Crippen molar-refractivity contribution in [2.45, 2.75) is 39.4 Å². The van der Waals surface area contributed by atoms with E-state index in [0.29, 0.717) is 42.8 Å². The van der Waals surface area contributed by atoms with Gasteiger partial charge in [-0.05, 0) is 36.2 Å². The summed E-state index contributed by atoms with van der Waals surface area (Å²) in [5, 5.41) is 0.455. The summed E-state index contributed by atoms with van der Waals surface area (Å²) in [7, 11) is 1.60. The third-order valence-electron chi connectivity index (χ3n) is 6.94. The minimum absolute atomic E-state index is 0.00419. The molecular weight excluding hydrogens is 526 g/mol. The molecular formula is C32H34ClN3O4. The zero-order valence-corrected chi connectivity index (χ0v) is 23.7. The number of ketones is 1. The third-order valence-corrected chi connectivity index (χ3v) is 7.24. The zero-order valence-electron chi connectivity index (χ0n) is 22.9. The van der Waals surface area contributed by atoms with Crippen LogP contribution in [0.1, 0.15) is 41.4 Å². The number of hydrogen-bond donors (Lipinski definition) is 0. The lowest BCUT2D eigenvalue weighted by Crippen LogP contribution is -2.30. The third kappa shape index (κ3) is 6.49. The van der Waals surface area contributed by atoms with E-state index >= 15 is 0 Å². The van der Waals surface area contributed by atoms with Crippen LogP contribution < -0.4 is 14.2 Å². The first-order chi connectivity index (χ1) is 19.6. The number of fused-ring (bicyclic) bond motifs is 1. The van der Waals surface area contributed by atoms with Gasteiger partial charge in [0.15, 0.2) is 22.4 Å². The molecule has 40 heavy (non-hydrogen) atoms. The highest BCUT2D eigenvalue weighted by molar-refractivity contribution is 6.30. The van der Waals surface area contributed by atoms with Gasteiger partial charge in [0, 0.05) is 30.8 Å². The van der Waals surface area contributed by atoms with Crippen molar-refractivity contribution < 1.29 is 19.0 Å². The fourth-order valence-electron chi connectivity index (χ4n) is 4.89. The Balaban J connectivity index is 1.48. The van der Waals surface area contributed by atoms with Crippen molar-refractivity contribution in [3.8, 4) is 28.6 Å². The molecule has 208 valence electrons. The summed E-state index contributed by atoms with van der Waals surface area (Å²) in [5.41, 5.74) is 3.52. The average molecular weight is 560 g/mol. The molecule has 2 heterocycles. The first-order valence-corrected chi connectivity index (χ1v) is 14.0. The summed E-state index contributed by atoms with van der Waals surface area (Å²) in [6.45, 7) is 5.17. The first-order valence-electron chi connectivity index (χ1n) is 13.6. The molecule has 0 spiro atoms. The summed E-state index contributed by atoms with van der Waals surface area (Å²) >= 11 is 6.82. The maximum absolute atomic E-state index is 13.5. The molecule has 0 saturated carbocycles. The topological polar surface area (TPSA) is 65.8 Å². The van der Waals surface area contributed by atoms with Crippen molar-refractivity contribution in [3.05, 3.63) is 94.8 Å². The highest BCUT2D eigenvalue weighted by Gasteiger charge is 2.22. The summed E-state index contributed by atoms with van der Waals surface area (Å²) in [6.07, 6.45) is 2.03. The second-order valence-electron chi connectivity index (χ2n) is 9.82. The molecule has 3 aromatic carbocycles. The number of imidazole rings is 1. The van der Waals surface area contributed by atoms with Gasteiger partial charge >= 0.3 is 0 Å². The maximum Gasteiger partial charge on any atom is 0.176 e. The van der Waals surface area contributed by atoms with Crippen molar-refractivity contribution in [3.63, 3.8) is 0 Å². The van der Waals surface area contributed by atoms with Crippen molar-refractivity contribution in [1.29, 1.82) is 0 Å². The molecule has 1 aliphatic rings. The van der Waals surface area contributed by atoms with Gasteiger partial charge in [0.25, 0.3) is 0 Å². The Bertz CT molecular complexity index is 1450. The normalized spacial score (nSPS) is 12.5. The Morgan fingerprint density at radius 2 is 1.80 bits per heavy atom. The van der Waals surface area contributed by atoms with Crippen LogP contribution in [0.3, 0.4) is 0 Å². The number of halogens is 1. The molecule has 0 amide bonds. The van der Waals surface area contributed by atoms with E-state index in [1.54, 1.807) is 13.2 Å². The Labute approximate surface area is 240 Å². The molecule has 0 radical (unpaired) electrons. The predicted molar refractivity (Wildman–Crippen MR) is 156 cm³/mol. The average Bonchev–Trinajstić information content (AvgIpc) is 3.30. The highest BCUT2D eigenvalue weighted by atomic mass is 35.5. The van der Waals surface area contributed by atoms with Crippen LogP contribution in [0.4, 0.5) is 0 Å². The lowest BCUT2D eigenvalue weighted by molar-refractivity contribution is 0.0917. The molecule has 7 nitrogen and oxygen atoms in total. The van der Waals surface area contributed by atoms with Gasteiger partial charge < -0.3 is 18.8 Å². The van der Waals surface area contributed by atoms with E-state index in [1.165, 1.54) is 0 Å². The van der Waals surface area contributed by atoms with E-state index in [4.69, 9.17) is 30.8 Å². The summed E-state index contributed by atoms with van der Waals surface area (Å²) in [4.78, 5) is 20.4. The van der Waals surface area contributed by atoms with Gasteiger partial charge in [0.1, 0.15) is 24.8 Å². The Morgan fingerprint density at radius 3 is 2.58 bits per heavy atom. The van der Waals surface area contributed by atoms with Crippen LogP contribution in [0.2, 0.25) is 5.15 Å². The fraction of sp³-hybridized carbons (Fsp3) is 0.312. The summed E-state index contributed by atoms with van der Waals surface area (Å²) in [6, 6.07) is 23.3. The summed E-state index contributed by atoms with van der Waals surface area (Å²) < 4.78 is 19.1. The number of carbonyl (C=O) groups is 1. The summed E-state index contributed by atoms with van der Waals surface area (Å²) in [5.74, 6) is 2.95. The van der Waals surface area contributed by atoms with Crippen LogP contribution in [0.15, 0.2) is 72.8 Å². The molecule has 1 aliphatic heterocycles. The van der Waals surface area contributed by atoms with Crippen molar-refractivity contribution in [2.75, 3.05) is 26.9 Å². The van der Waals surface area contributed by atoms with E-state index in [1.807, 2.05) is 66.7 Å². The monoisotopic (exact) mass is 559 g/mol. The first kappa shape index (κ1) is 27.7. The van der Waals surface area contributed by atoms with Crippen LogP contribution >= 0.6 is 11.6 Å². The maximum atomic E-state index is 13.5. The number of ether oxygens (including phenoxy) is 3. The number of aromatic nitrogens is 2. The Morgan fingerprint density at radius 1 is 1.00 bits per heavy atom. The Kier molecular flexibility index (Phi) is 9.04. The number of hydrogen-bond acceptors (Lipinski definition) is 6. The second-order valence-corrected chi connectivity index (χ2v) is 10.2. The highest BCUT2D eigenvalue weighted by Crippen LogP contribution is 2.32. The van der Waals surface area contributed by atoms with Crippen molar-refractivity contribution >= 4 is 17.4 Å². The quantitative estimate of drug-likeness (QED) is 0.181. The minimum Gasteiger partial charge on any atom is -0.497 e. The molecule has 0 fully saturated rings. The van der Waals surface area contributed by atoms with E-state index in [0.717, 1.165) is 53.5 Å². The van der Waals surface area contributed by atoms with Crippen molar-refractivity contribution in [1.82, 2.24) is 14.5 Å². The molecule has 0 N–H and O–H groups in total. The van der Waals surface area contributed by atoms with Crippen LogP contribution in [0.25, 0.3) is 11.4 Å². The molecule has 0 bridgehead atoms. The smallest absolute Gasteiger partial charge is 0.176 e. The molecule has 8 heteroatoms. The molecule has 0 aliphatic carbocycles. The predicted octanol–water partition coefficient (Wildman–Crippen LogP) is 6.67. The molecule has 4 aromatic rings. The molecule has 0 unspecified atom stereocenters. The van der Waals surface area contributed by atoms with Gasteiger partial charge in [-0.15, -0.1) is 0 Å². The standard InChI is InChI=1S/C32H34ClN3O4/c1-3-4-15-36-27(31(33)34-32(36)24-9-6-5-7-10-24)21-35(22-28(37)25-11-8-12-26(19-25)38-2)20-23-13-14-29-30(18-23)40-17-16-39-29/h5-14,18-19H,3-4,15-17,20-22H2,1-2H3. The van der Waals surface area contributed by atoms with Crippen molar-refractivity contribution in [2.24, 2.45) is 0 Å². The van der Waals surface area contributed by atoms with Crippen LogP contribution in [0.5, 0.6) is 17.2 Å². The fourth-order valence-corrected chi connectivity index (χ4v) is 5.13. The van der Waals surface area contributed by atoms with E-state index in [-0.39, 0.29) is 12.3 Å². The number of Topliss-reactive ketones (excluding diaryl/α,β-unsaturated/α-hetero) is 1. The van der Waals surface area contributed by atoms with Gasteiger partial charge in [0.05, 0.1) is 19.3 Å². The lowest BCUT2D eigenvalue weighted by atomic mass is 10.1. The SMILES string of the molecule is CCCCn1c(-c2ccccc2)nc(Cl)c1CN(CC(=O)c1cccc(OC)c1)Cc1ccc2c(c1)OCCO2. The van der Waals surface area contributed by atoms with E-state index < -0.39 is 0 Å². The lowest BCUT2D eigenvalue weighted by Gasteiger charge is -2.24. The largest absolute Gasteiger partial charge is 0.497 e. The molecule has 0 saturated heterocycles. The number of carbonyl (C=O) groups excluding carboxylic acids is 1. The molecule has 0 atom stereocenters. The zero-order chi connectivity index (χ0) is 27.9. The van der Waals surface area contributed by atoms with Gasteiger partial charge in [-0.2, -0.15) is 0 Å². The van der Waals surface area contributed by atoms with Crippen LogP contribution in [-0.4, -0.2) is 47.1 Å². The number of methoxy groups -OCH3 is 1. The minimum atomic E-state index is -0.00419. The van der Waals surface area contributed by atoms with E-state index in [9.17, 15) is 4.79 Å². The Hall–Kier alpha value is -3.81. The van der Waals surface area contributed by atoms with Crippen LogP contribution in [0, 0.1) is 0 Å². The number of unbranched alkanes of at least 4 members (excludes halogenated alkanes) is 1. The second kappa shape index (κ2) is 13.0.